The van der Waals surface area contributed by atoms with Gasteiger partial charge in [0, 0.05) is 40.2 Å². The molecule has 1 aromatic heterocycles. The highest BCUT2D eigenvalue weighted by atomic mass is 32.2. The minimum absolute atomic E-state index is 0.0455. The number of Topliss-reactive ketones (excluding diaryl/α,β-unsaturated/α-hetero) is 1. The molecule has 1 heterocycles. The first-order valence-electron chi connectivity index (χ1n) is 11.7. The summed E-state index contributed by atoms with van der Waals surface area (Å²) >= 11 is 0. The van der Waals surface area contributed by atoms with Crippen LogP contribution < -0.4 is 10.6 Å². The molecule has 12 heteroatoms. The third kappa shape index (κ3) is 6.98. The molecule has 1 aliphatic carbocycles. The number of nitriles is 1. The zero-order valence-electron chi connectivity index (χ0n) is 21.2. The van der Waals surface area contributed by atoms with Crippen molar-refractivity contribution < 1.29 is 31.7 Å². The van der Waals surface area contributed by atoms with Crippen LogP contribution in [0.3, 0.4) is 0 Å². The maximum absolute atomic E-state index is 13.2. The highest BCUT2D eigenvalue weighted by molar-refractivity contribution is 7.85. The van der Waals surface area contributed by atoms with E-state index in [1.807, 2.05) is 6.07 Å². The average Bonchev–Trinajstić information content (AvgIpc) is 3.19. The van der Waals surface area contributed by atoms with Crippen LogP contribution in [0.4, 0.5) is 23.7 Å². The summed E-state index contributed by atoms with van der Waals surface area (Å²) in [7, 11) is -1.57. The molecule has 1 aromatic carbocycles. The largest absolute Gasteiger partial charge is 0.444 e. The van der Waals surface area contributed by atoms with Gasteiger partial charge in [-0.25, -0.2) is 4.79 Å². The molecule has 2 N–H and O–H groups in total. The Hall–Kier alpha value is -3.72. The number of anilines is 1. The van der Waals surface area contributed by atoms with Gasteiger partial charge in [0.25, 0.3) is 0 Å². The van der Waals surface area contributed by atoms with E-state index in [1.54, 1.807) is 27.7 Å². The van der Waals surface area contributed by atoms with Crippen LogP contribution in [0.25, 0.3) is 0 Å². The van der Waals surface area contributed by atoms with Gasteiger partial charge in [0.05, 0.1) is 28.5 Å². The average molecular weight is 549 g/mol. The lowest BCUT2D eigenvalue weighted by molar-refractivity contribution is -0.141. The number of benzene rings is 1. The van der Waals surface area contributed by atoms with Gasteiger partial charge in [-0.3, -0.25) is 14.0 Å². The Morgan fingerprint density at radius 2 is 1.92 bits per heavy atom. The van der Waals surface area contributed by atoms with E-state index in [-0.39, 0.29) is 46.1 Å². The van der Waals surface area contributed by atoms with Crippen molar-refractivity contribution in [2.75, 3.05) is 11.1 Å². The molecule has 202 valence electrons. The van der Waals surface area contributed by atoms with Gasteiger partial charge in [0.15, 0.2) is 5.78 Å². The predicted molar refractivity (Wildman–Crippen MR) is 134 cm³/mol. The second kappa shape index (κ2) is 11.3. The second-order valence-electron chi connectivity index (χ2n) is 9.45. The number of hydrogen-bond donors (Lipinski definition) is 2. The van der Waals surface area contributed by atoms with Crippen molar-refractivity contribution in [1.82, 2.24) is 10.3 Å². The van der Waals surface area contributed by atoms with Crippen LogP contribution in [-0.2, 0) is 26.5 Å². The van der Waals surface area contributed by atoms with E-state index >= 15 is 0 Å². The number of nitrogens with one attached hydrogen (secondary N) is 2. The summed E-state index contributed by atoms with van der Waals surface area (Å²) in [5.41, 5.74) is -0.969. The number of hydrogen-bond acceptors (Lipinski definition) is 7. The summed E-state index contributed by atoms with van der Waals surface area (Å²) in [5.74, 6) is -0.146. The van der Waals surface area contributed by atoms with E-state index in [4.69, 9.17) is 4.74 Å². The SMILES string of the molecule is CCS(=O)c1cc(C#N)ccc1C(NC(=O)OC(C)(C)C)C1=C(Nc2ccnc(C(F)(F)F)c2)CCC1=O. The molecule has 0 bridgehead atoms. The van der Waals surface area contributed by atoms with Crippen LogP contribution >= 0.6 is 0 Å². The highest BCUT2D eigenvalue weighted by Gasteiger charge is 2.36. The summed E-state index contributed by atoms with van der Waals surface area (Å²) in [6.07, 6.45) is -4.30. The van der Waals surface area contributed by atoms with Gasteiger partial charge in [-0.15, -0.1) is 0 Å². The van der Waals surface area contributed by atoms with Crippen molar-refractivity contribution >= 4 is 28.4 Å². The number of halogens is 3. The van der Waals surface area contributed by atoms with Gasteiger partial charge in [0.2, 0.25) is 0 Å². The van der Waals surface area contributed by atoms with Crippen molar-refractivity contribution in [2.45, 2.75) is 63.3 Å². The van der Waals surface area contributed by atoms with Crippen LogP contribution in [-0.4, -0.2) is 32.4 Å². The summed E-state index contributed by atoms with van der Waals surface area (Å²) in [5, 5.41) is 14.9. The van der Waals surface area contributed by atoms with E-state index in [0.717, 1.165) is 12.3 Å². The molecule has 0 fully saturated rings. The fourth-order valence-corrected chi connectivity index (χ4v) is 4.92. The Kier molecular flexibility index (Phi) is 8.61. The Balaban J connectivity index is 2.16. The Labute approximate surface area is 220 Å². The number of pyridine rings is 1. The normalized spacial score (nSPS) is 15.6. The lowest BCUT2D eigenvalue weighted by Gasteiger charge is -2.26. The number of carbonyl (C=O) groups is 2. The molecular weight excluding hydrogens is 521 g/mol. The summed E-state index contributed by atoms with van der Waals surface area (Å²) in [6, 6.07) is 7.41. The second-order valence-corrected chi connectivity index (χ2v) is 11.2. The summed E-state index contributed by atoms with van der Waals surface area (Å²) in [6.45, 7) is 6.67. The quantitative estimate of drug-likeness (QED) is 0.476. The van der Waals surface area contributed by atoms with Crippen molar-refractivity contribution in [3.8, 4) is 6.07 Å². The van der Waals surface area contributed by atoms with Crippen molar-refractivity contribution in [1.29, 1.82) is 5.26 Å². The minimum Gasteiger partial charge on any atom is -0.444 e. The molecule has 2 aromatic rings. The third-order valence-electron chi connectivity index (χ3n) is 5.48. The fraction of sp³-hybridized carbons (Fsp3) is 0.385. The van der Waals surface area contributed by atoms with Gasteiger partial charge >= 0.3 is 12.3 Å². The third-order valence-corrected chi connectivity index (χ3v) is 6.85. The van der Waals surface area contributed by atoms with Crippen LogP contribution in [0, 0.1) is 11.3 Å². The molecule has 1 aliphatic rings. The maximum Gasteiger partial charge on any atom is 0.433 e. The molecule has 8 nitrogen and oxygen atoms in total. The van der Waals surface area contributed by atoms with Crippen molar-refractivity contribution in [3.05, 3.63) is 64.6 Å². The summed E-state index contributed by atoms with van der Waals surface area (Å²) < 4.78 is 57.9. The van der Waals surface area contributed by atoms with E-state index in [9.17, 15) is 32.2 Å². The molecule has 0 saturated carbocycles. The lowest BCUT2D eigenvalue weighted by atomic mass is 9.95. The Bertz CT molecular complexity index is 1340. The number of ether oxygens (including phenoxy) is 1. The Morgan fingerprint density at radius 1 is 1.21 bits per heavy atom. The van der Waals surface area contributed by atoms with Crippen LogP contribution in [0.2, 0.25) is 0 Å². The smallest absolute Gasteiger partial charge is 0.433 e. The number of carbonyl (C=O) groups excluding carboxylic acids is 2. The molecule has 0 saturated heterocycles. The standard InChI is InChI=1S/C26H27F3N4O4S/c1-5-38(36)20-12-15(14-30)6-7-17(20)23(33-24(35)37-25(2,3)4)22-18(8-9-19(22)34)32-16-10-11-31-21(13-16)26(27,28)29/h6-7,10-13,23H,5,8-9H2,1-4H3,(H,31,32)(H,33,35). The van der Waals surface area contributed by atoms with Gasteiger partial charge in [0.1, 0.15) is 11.3 Å². The van der Waals surface area contributed by atoms with Crippen LogP contribution in [0.15, 0.2) is 52.7 Å². The molecule has 0 radical (unpaired) electrons. The first-order chi connectivity index (χ1) is 17.7. The lowest BCUT2D eigenvalue weighted by Crippen LogP contribution is -2.37. The molecule has 0 spiro atoms. The van der Waals surface area contributed by atoms with Gasteiger partial charge in [-0.2, -0.15) is 18.4 Å². The number of alkyl carbamates (subject to hydrolysis) is 1. The molecule has 0 aliphatic heterocycles. The number of amides is 1. The van der Waals surface area contributed by atoms with Crippen molar-refractivity contribution in [3.63, 3.8) is 0 Å². The van der Waals surface area contributed by atoms with Crippen LogP contribution in [0.1, 0.15) is 63.4 Å². The van der Waals surface area contributed by atoms with Crippen molar-refractivity contribution in [2.24, 2.45) is 0 Å². The predicted octanol–water partition coefficient (Wildman–Crippen LogP) is 5.39. The maximum atomic E-state index is 13.2. The van der Waals surface area contributed by atoms with E-state index in [0.29, 0.717) is 11.3 Å². The molecule has 3 rings (SSSR count). The number of rotatable bonds is 7. The zero-order chi connectivity index (χ0) is 28.3. The minimum atomic E-state index is -4.66. The molecule has 38 heavy (non-hydrogen) atoms. The fourth-order valence-electron chi connectivity index (χ4n) is 3.90. The van der Waals surface area contributed by atoms with E-state index in [2.05, 4.69) is 15.6 Å². The summed E-state index contributed by atoms with van der Waals surface area (Å²) in [4.78, 5) is 29.6. The number of alkyl halides is 3. The molecule has 1 amide bonds. The van der Waals surface area contributed by atoms with Gasteiger partial charge in [-0.1, -0.05) is 13.0 Å². The van der Waals surface area contributed by atoms with E-state index < -0.39 is 40.4 Å². The Morgan fingerprint density at radius 3 is 2.53 bits per heavy atom. The molecule has 2 unspecified atom stereocenters. The molecular formula is C26H27F3N4O4S. The van der Waals surface area contributed by atoms with Gasteiger partial charge < -0.3 is 15.4 Å². The van der Waals surface area contributed by atoms with Gasteiger partial charge in [-0.05, 0) is 57.0 Å². The number of nitrogens with zero attached hydrogens (tertiary/aromatic N) is 2. The number of ketones is 1. The molecule has 2 atom stereocenters. The topological polar surface area (TPSA) is 121 Å². The highest BCUT2D eigenvalue weighted by Crippen LogP contribution is 2.37. The number of allylic oxidation sites excluding steroid dienone is 1. The van der Waals surface area contributed by atoms with Crippen LogP contribution in [0.5, 0.6) is 0 Å². The number of aromatic nitrogens is 1. The monoisotopic (exact) mass is 548 g/mol. The van der Waals surface area contributed by atoms with E-state index in [1.165, 1.54) is 24.3 Å². The first kappa shape index (κ1) is 28.8. The zero-order valence-corrected chi connectivity index (χ0v) is 22.0. The first-order valence-corrected chi connectivity index (χ1v) is 13.0.